The SMILES string of the molecule is C=CCN1CC(N)c2cc(F)ccc21.Cl.Cl. The molecule has 0 fully saturated rings. The van der Waals surface area contributed by atoms with E-state index < -0.39 is 0 Å². The highest BCUT2D eigenvalue weighted by atomic mass is 35.5. The summed E-state index contributed by atoms with van der Waals surface area (Å²) in [5.74, 6) is -0.223. The molecule has 1 unspecified atom stereocenters. The summed E-state index contributed by atoms with van der Waals surface area (Å²) in [7, 11) is 0. The molecule has 1 aliphatic rings. The monoisotopic (exact) mass is 264 g/mol. The number of fused-ring (bicyclic) bond motifs is 1. The van der Waals surface area contributed by atoms with Crippen LogP contribution in [0.25, 0.3) is 0 Å². The van der Waals surface area contributed by atoms with Crippen molar-refractivity contribution in [1.82, 2.24) is 0 Å². The summed E-state index contributed by atoms with van der Waals surface area (Å²) in [5.41, 5.74) is 7.82. The Morgan fingerprint density at radius 1 is 1.50 bits per heavy atom. The normalized spacial score (nSPS) is 17.1. The Kier molecular flexibility index (Phi) is 5.79. The van der Waals surface area contributed by atoms with Gasteiger partial charge in [-0.2, -0.15) is 0 Å². The molecular formula is C11H15Cl2FN2. The van der Waals surface area contributed by atoms with E-state index in [4.69, 9.17) is 5.73 Å². The van der Waals surface area contributed by atoms with Gasteiger partial charge in [0.2, 0.25) is 0 Å². The minimum atomic E-state index is -0.223. The van der Waals surface area contributed by atoms with Gasteiger partial charge in [-0.1, -0.05) is 6.08 Å². The summed E-state index contributed by atoms with van der Waals surface area (Å²) >= 11 is 0. The molecule has 0 spiro atoms. The first-order valence-corrected chi connectivity index (χ1v) is 4.63. The molecule has 0 aromatic heterocycles. The van der Waals surface area contributed by atoms with Crippen LogP contribution < -0.4 is 10.6 Å². The van der Waals surface area contributed by atoms with Gasteiger partial charge in [0.25, 0.3) is 0 Å². The van der Waals surface area contributed by atoms with Crippen LogP contribution in [0.3, 0.4) is 0 Å². The first-order valence-electron chi connectivity index (χ1n) is 4.63. The van der Waals surface area contributed by atoms with E-state index in [9.17, 15) is 4.39 Å². The lowest BCUT2D eigenvalue weighted by Gasteiger charge is -2.16. The Hall–Kier alpha value is -0.770. The Bertz CT molecular complexity index is 371. The fourth-order valence-corrected chi connectivity index (χ4v) is 1.87. The van der Waals surface area contributed by atoms with Gasteiger partial charge in [-0.05, 0) is 23.8 Å². The molecule has 1 aromatic carbocycles. The van der Waals surface area contributed by atoms with Crippen LogP contribution in [0.2, 0.25) is 0 Å². The fraction of sp³-hybridized carbons (Fsp3) is 0.273. The van der Waals surface area contributed by atoms with Crippen LogP contribution in [-0.4, -0.2) is 13.1 Å². The molecule has 16 heavy (non-hydrogen) atoms. The van der Waals surface area contributed by atoms with Crippen LogP contribution >= 0.6 is 24.8 Å². The van der Waals surface area contributed by atoms with Crippen molar-refractivity contribution in [2.45, 2.75) is 6.04 Å². The van der Waals surface area contributed by atoms with Crippen LogP contribution in [0, 0.1) is 5.82 Å². The average Bonchev–Trinajstić information content (AvgIpc) is 2.44. The smallest absolute Gasteiger partial charge is 0.123 e. The van der Waals surface area contributed by atoms with E-state index in [1.54, 1.807) is 6.07 Å². The zero-order valence-electron chi connectivity index (χ0n) is 8.73. The largest absolute Gasteiger partial charge is 0.366 e. The number of hydrogen-bond donors (Lipinski definition) is 1. The molecule has 1 aliphatic heterocycles. The summed E-state index contributed by atoms with van der Waals surface area (Å²) in [6.45, 7) is 5.18. The number of halogens is 3. The van der Waals surface area contributed by atoms with Crippen LogP contribution in [0.1, 0.15) is 11.6 Å². The van der Waals surface area contributed by atoms with Gasteiger partial charge in [-0.25, -0.2) is 4.39 Å². The van der Waals surface area contributed by atoms with Crippen LogP contribution in [0.15, 0.2) is 30.9 Å². The van der Waals surface area contributed by atoms with E-state index >= 15 is 0 Å². The molecule has 0 bridgehead atoms. The van der Waals surface area contributed by atoms with E-state index in [0.717, 1.165) is 24.3 Å². The molecule has 1 aromatic rings. The predicted octanol–water partition coefficient (Wildman–Crippen LogP) is 2.68. The number of nitrogens with two attached hydrogens (primary N) is 1. The third-order valence-electron chi connectivity index (χ3n) is 2.50. The summed E-state index contributed by atoms with van der Waals surface area (Å²) < 4.78 is 13.0. The maximum absolute atomic E-state index is 13.0. The van der Waals surface area contributed by atoms with Gasteiger partial charge in [0.05, 0.1) is 0 Å². The fourth-order valence-electron chi connectivity index (χ4n) is 1.87. The maximum Gasteiger partial charge on any atom is 0.123 e. The molecule has 0 radical (unpaired) electrons. The van der Waals surface area contributed by atoms with E-state index in [-0.39, 0.29) is 36.7 Å². The zero-order valence-corrected chi connectivity index (χ0v) is 10.4. The van der Waals surface area contributed by atoms with Crippen molar-refractivity contribution in [3.63, 3.8) is 0 Å². The summed E-state index contributed by atoms with van der Waals surface area (Å²) in [4.78, 5) is 2.10. The van der Waals surface area contributed by atoms with E-state index in [2.05, 4.69) is 11.5 Å². The second-order valence-electron chi connectivity index (χ2n) is 3.50. The maximum atomic E-state index is 13.0. The molecular weight excluding hydrogens is 250 g/mol. The van der Waals surface area contributed by atoms with Crippen molar-refractivity contribution in [2.24, 2.45) is 5.73 Å². The Labute approximate surface area is 107 Å². The van der Waals surface area contributed by atoms with Gasteiger partial charge in [-0.15, -0.1) is 31.4 Å². The summed E-state index contributed by atoms with van der Waals surface area (Å²) in [5, 5.41) is 0. The lowest BCUT2D eigenvalue weighted by molar-refractivity contribution is 0.624. The molecule has 1 atom stereocenters. The van der Waals surface area contributed by atoms with Gasteiger partial charge < -0.3 is 10.6 Å². The van der Waals surface area contributed by atoms with Crippen molar-refractivity contribution in [3.05, 3.63) is 42.2 Å². The molecule has 0 amide bonds. The molecule has 0 saturated carbocycles. The van der Waals surface area contributed by atoms with Gasteiger partial charge in [0.15, 0.2) is 0 Å². The molecule has 2 nitrogen and oxygen atoms in total. The Morgan fingerprint density at radius 3 is 2.81 bits per heavy atom. The summed E-state index contributed by atoms with van der Waals surface area (Å²) in [6, 6.07) is 4.68. The van der Waals surface area contributed by atoms with Crippen molar-refractivity contribution >= 4 is 30.5 Å². The topological polar surface area (TPSA) is 29.3 Å². The Balaban J connectivity index is 0.00000112. The van der Waals surface area contributed by atoms with Crippen molar-refractivity contribution in [1.29, 1.82) is 0 Å². The third kappa shape index (κ3) is 2.67. The third-order valence-corrected chi connectivity index (χ3v) is 2.50. The highest BCUT2D eigenvalue weighted by Crippen LogP contribution is 2.33. The van der Waals surface area contributed by atoms with Gasteiger partial charge in [-0.3, -0.25) is 0 Å². The lowest BCUT2D eigenvalue weighted by atomic mass is 10.1. The molecule has 5 heteroatoms. The van der Waals surface area contributed by atoms with Crippen molar-refractivity contribution in [2.75, 3.05) is 18.0 Å². The van der Waals surface area contributed by atoms with Gasteiger partial charge in [0, 0.05) is 24.8 Å². The highest BCUT2D eigenvalue weighted by Gasteiger charge is 2.25. The molecule has 2 rings (SSSR count). The Morgan fingerprint density at radius 2 is 2.19 bits per heavy atom. The van der Waals surface area contributed by atoms with E-state index in [0.29, 0.717) is 0 Å². The average molecular weight is 265 g/mol. The van der Waals surface area contributed by atoms with Crippen LogP contribution in [-0.2, 0) is 0 Å². The van der Waals surface area contributed by atoms with Gasteiger partial charge in [0.1, 0.15) is 5.82 Å². The molecule has 90 valence electrons. The van der Waals surface area contributed by atoms with Crippen LogP contribution in [0.4, 0.5) is 10.1 Å². The highest BCUT2D eigenvalue weighted by molar-refractivity contribution is 5.85. The number of benzene rings is 1. The zero-order chi connectivity index (χ0) is 10.1. The van der Waals surface area contributed by atoms with E-state index in [1.807, 2.05) is 6.08 Å². The van der Waals surface area contributed by atoms with E-state index in [1.165, 1.54) is 12.1 Å². The van der Waals surface area contributed by atoms with Crippen LogP contribution in [0.5, 0.6) is 0 Å². The second kappa shape index (κ2) is 6.09. The minimum Gasteiger partial charge on any atom is -0.366 e. The predicted molar refractivity (Wildman–Crippen MR) is 70.2 cm³/mol. The molecule has 1 heterocycles. The van der Waals surface area contributed by atoms with Gasteiger partial charge >= 0.3 is 0 Å². The lowest BCUT2D eigenvalue weighted by Crippen LogP contribution is -2.24. The van der Waals surface area contributed by atoms with Crippen molar-refractivity contribution < 1.29 is 4.39 Å². The molecule has 2 N–H and O–H groups in total. The number of hydrogen-bond acceptors (Lipinski definition) is 2. The molecule has 0 saturated heterocycles. The number of anilines is 1. The number of rotatable bonds is 2. The second-order valence-corrected chi connectivity index (χ2v) is 3.50. The quantitative estimate of drug-likeness (QED) is 0.833. The molecule has 0 aliphatic carbocycles. The number of nitrogens with zero attached hydrogens (tertiary/aromatic N) is 1. The summed E-state index contributed by atoms with van der Waals surface area (Å²) in [6.07, 6.45) is 1.82. The minimum absolute atomic E-state index is 0. The first kappa shape index (κ1) is 15.2. The van der Waals surface area contributed by atoms with Crippen molar-refractivity contribution in [3.8, 4) is 0 Å². The standard InChI is InChI=1S/C11H13FN2.2ClH/c1-2-5-14-7-10(13)9-6-8(12)3-4-11(9)14;;/h2-4,6,10H,1,5,7,13H2;2*1H. The first-order chi connectivity index (χ1) is 6.72.